The van der Waals surface area contributed by atoms with Gasteiger partial charge >= 0.3 is 0 Å². The van der Waals surface area contributed by atoms with E-state index in [2.05, 4.69) is 10.6 Å². The van der Waals surface area contributed by atoms with Gasteiger partial charge in [0.25, 0.3) is 11.8 Å². The van der Waals surface area contributed by atoms with Gasteiger partial charge in [-0.05, 0) is 48.4 Å². The van der Waals surface area contributed by atoms with Crippen molar-refractivity contribution < 1.29 is 28.0 Å². The van der Waals surface area contributed by atoms with Crippen LogP contribution in [0.5, 0.6) is 0 Å². The Balaban J connectivity index is 1.23. The average Bonchev–Trinajstić information content (AvgIpc) is 2.94. The van der Waals surface area contributed by atoms with Gasteiger partial charge < -0.3 is 10.2 Å². The zero-order valence-electron chi connectivity index (χ0n) is 16.2. The maximum Gasteiger partial charge on any atom is 0.255 e. The summed E-state index contributed by atoms with van der Waals surface area (Å²) in [5, 5.41) is 5.14. The molecule has 7 nitrogen and oxygen atoms in total. The van der Waals surface area contributed by atoms with Gasteiger partial charge in [-0.15, -0.1) is 0 Å². The number of nitrogens with one attached hydrogen (secondary N) is 2. The molecule has 2 aliphatic heterocycles. The lowest BCUT2D eigenvalue weighted by molar-refractivity contribution is -0.197. The lowest BCUT2D eigenvalue weighted by Gasteiger charge is -2.57. The zero-order valence-corrected chi connectivity index (χ0v) is 16.2. The summed E-state index contributed by atoms with van der Waals surface area (Å²) in [4.78, 5) is 50.2. The van der Waals surface area contributed by atoms with Gasteiger partial charge in [0.15, 0.2) is 0 Å². The lowest BCUT2D eigenvalue weighted by Crippen LogP contribution is -2.59. The summed E-state index contributed by atoms with van der Waals surface area (Å²) in [7, 11) is 0. The van der Waals surface area contributed by atoms with Crippen molar-refractivity contribution in [2.75, 3.05) is 0 Å². The van der Waals surface area contributed by atoms with Crippen molar-refractivity contribution in [1.29, 1.82) is 0 Å². The summed E-state index contributed by atoms with van der Waals surface area (Å²) in [5.74, 6) is -3.97. The number of amides is 4. The highest BCUT2D eigenvalue weighted by Crippen LogP contribution is 2.62. The number of halogens is 2. The highest BCUT2D eigenvalue weighted by Gasteiger charge is 2.62. The SMILES string of the molecule is O=C1CCC(N2Cc3cc(C(=O)NC4CC5(C4)CC(F)(F)C5)ccc3C2=O)C(=O)N1. The number of carbonyl (C=O) groups is 4. The molecule has 0 aromatic heterocycles. The van der Waals surface area contributed by atoms with E-state index in [0.717, 1.165) is 0 Å². The predicted octanol–water partition coefficient (Wildman–Crippen LogP) is 1.76. The summed E-state index contributed by atoms with van der Waals surface area (Å²) in [6.07, 6.45) is 1.41. The molecule has 2 aliphatic carbocycles. The average molecular weight is 417 g/mol. The van der Waals surface area contributed by atoms with E-state index in [9.17, 15) is 28.0 Å². The van der Waals surface area contributed by atoms with E-state index >= 15 is 0 Å². The second kappa shape index (κ2) is 6.33. The van der Waals surface area contributed by atoms with Gasteiger partial charge in [-0.2, -0.15) is 0 Å². The number of imide groups is 1. The van der Waals surface area contributed by atoms with Gasteiger partial charge in [0.2, 0.25) is 17.7 Å². The molecule has 1 unspecified atom stereocenters. The molecule has 4 amide bonds. The first-order chi connectivity index (χ1) is 14.1. The Bertz CT molecular complexity index is 976. The third-order valence-electron chi connectivity index (χ3n) is 6.75. The number of carbonyl (C=O) groups excluding carboxylic acids is 4. The van der Waals surface area contributed by atoms with E-state index in [1.807, 2.05) is 0 Å². The van der Waals surface area contributed by atoms with Gasteiger partial charge in [-0.3, -0.25) is 24.5 Å². The first kappa shape index (κ1) is 19.1. The van der Waals surface area contributed by atoms with Crippen LogP contribution in [0.1, 0.15) is 64.8 Å². The Kier molecular flexibility index (Phi) is 4.04. The summed E-state index contributed by atoms with van der Waals surface area (Å²) >= 11 is 0. The van der Waals surface area contributed by atoms with E-state index in [1.165, 1.54) is 4.90 Å². The molecular formula is C21H21F2N3O4. The van der Waals surface area contributed by atoms with Gasteiger partial charge in [0.05, 0.1) is 0 Å². The topological polar surface area (TPSA) is 95.6 Å². The third kappa shape index (κ3) is 3.07. The van der Waals surface area contributed by atoms with Crippen LogP contribution < -0.4 is 10.6 Å². The minimum Gasteiger partial charge on any atom is -0.349 e. The minimum absolute atomic E-state index is 0.0937. The largest absolute Gasteiger partial charge is 0.349 e. The maximum atomic E-state index is 13.1. The van der Waals surface area contributed by atoms with Crippen LogP contribution in [0.3, 0.4) is 0 Å². The highest BCUT2D eigenvalue weighted by atomic mass is 19.3. The molecule has 1 aromatic rings. The van der Waals surface area contributed by atoms with Crippen molar-refractivity contribution >= 4 is 23.6 Å². The van der Waals surface area contributed by atoms with Gasteiger partial charge in [-0.25, -0.2) is 8.78 Å². The minimum atomic E-state index is -2.56. The van der Waals surface area contributed by atoms with Gasteiger partial charge in [0, 0.05) is 43.0 Å². The third-order valence-corrected chi connectivity index (χ3v) is 6.75. The Hall–Kier alpha value is -2.84. The molecular weight excluding hydrogens is 396 g/mol. The molecule has 2 saturated carbocycles. The lowest BCUT2D eigenvalue weighted by atomic mass is 9.52. The molecule has 0 radical (unpaired) electrons. The Labute approximate surface area is 171 Å². The van der Waals surface area contributed by atoms with Gasteiger partial charge in [-0.1, -0.05) is 0 Å². The molecule has 0 bridgehead atoms. The number of piperidine rings is 1. The second-order valence-electron chi connectivity index (χ2n) is 9.06. The van der Waals surface area contributed by atoms with Crippen molar-refractivity contribution in [3.63, 3.8) is 0 Å². The molecule has 30 heavy (non-hydrogen) atoms. The van der Waals surface area contributed by atoms with Crippen LogP contribution in [0.25, 0.3) is 0 Å². The molecule has 2 heterocycles. The van der Waals surface area contributed by atoms with Crippen molar-refractivity contribution in [2.24, 2.45) is 5.41 Å². The standard InChI is InChI=1S/C21H21F2N3O4/c22-21(23)9-20(10-21)6-13(7-20)24-17(28)11-1-2-14-12(5-11)8-26(19(14)30)15-3-4-16(27)25-18(15)29/h1-2,5,13,15H,3-4,6-10H2,(H,24,28)(H,25,27,29). The molecule has 4 aliphatic rings. The Morgan fingerprint density at radius 1 is 1.17 bits per heavy atom. The summed E-state index contributed by atoms with van der Waals surface area (Å²) < 4.78 is 26.2. The quantitative estimate of drug-likeness (QED) is 0.733. The molecule has 2 N–H and O–H groups in total. The van der Waals surface area contributed by atoms with E-state index in [-0.39, 0.29) is 61.4 Å². The van der Waals surface area contributed by atoms with E-state index in [4.69, 9.17) is 0 Å². The first-order valence-electron chi connectivity index (χ1n) is 10.1. The molecule has 158 valence electrons. The zero-order chi connectivity index (χ0) is 21.3. The van der Waals surface area contributed by atoms with Crippen LogP contribution in [0.15, 0.2) is 18.2 Å². The second-order valence-corrected chi connectivity index (χ2v) is 9.06. The summed E-state index contributed by atoms with van der Waals surface area (Å²) in [5.41, 5.74) is 1.18. The molecule has 1 atom stereocenters. The van der Waals surface area contributed by atoms with Crippen LogP contribution >= 0.6 is 0 Å². The number of fused-ring (bicyclic) bond motifs is 1. The molecule has 9 heteroatoms. The summed E-state index contributed by atoms with van der Waals surface area (Å²) in [6, 6.07) is 3.97. The number of alkyl halides is 2. The van der Waals surface area contributed by atoms with Crippen LogP contribution in [0, 0.1) is 5.41 Å². The van der Waals surface area contributed by atoms with Gasteiger partial charge in [0.1, 0.15) is 6.04 Å². The molecule has 1 saturated heterocycles. The molecule has 1 spiro atoms. The van der Waals surface area contributed by atoms with Crippen LogP contribution in [0.4, 0.5) is 8.78 Å². The van der Waals surface area contributed by atoms with Crippen LogP contribution in [0.2, 0.25) is 0 Å². The summed E-state index contributed by atoms with van der Waals surface area (Å²) in [6.45, 7) is 0.198. The number of hydrogen-bond acceptors (Lipinski definition) is 4. The number of hydrogen-bond donors (Lipinski definition) is 2. The Morgan fingerprint density at radius 2 is 1.90 bits per heavy atom. The number of benzene rings is 1. The van der Waals surface area contributed by atoms with E-state index in [0.29, 0.717) is 29.5 Å². The number of nitrogens with zero attached hydrogens (tertiary/aromatic N) is 1. The van der Waals surface area contributed by atoms with E-state index < -0.39 is 17.9 Å². The fourth-order valence-corrected chi connectivity index (χ4v) is 5.41. The van der Waals surface area contributed by atoms with Crippen molar-refractivity contribution in [1.82, 2.24) is 15.5 Å². The number of rotatable bonds is 3. The molecule has 1 aromatic carbocycles. The molecule has 3 fully saturated rings. The fourth-order valence-electron chi connectivity index (χ4n) is 5.41. The smallest absolute Gasteiger partial charge is 0.255 e. The van der Waals surface area contributed by atoms with Crippen molar-refractivity contribution in [3.05, 3.63) is 34.9 Å². The monoisotopic (exact) mass is 417 g/mol. The van der Waals surface area contributed by atoms with Crippen LogP contribution in [-0.2, 0) is 16.1 Å². The highest BCUT2D eigenvalue weighted by molar-refractivity contribution is 6.06. The fraction of sp³-hybridized carbons (Fsp3) is 0.524. The van der Waals surface area contributed by atoms with Crippen LogP contribution in [-0.4, -0.2) is 46.5 Å². The first-order valence-corrected chi connectivity index (χ1v) is 10.1. The Morgan fingerprint density at radius 3 is 2.57 bits per heavy atom. The van der Waals surface area contributed by atoms with Crippen molar-refractivity contribution in [2.45, 2.75) is 63.1 Å². The normalized spacial score (nSPS) is 26.7. The van der Waals surface area contributed by atoms with Crippen molar-refractivity contribution in [3.8, 4) is 0 Å². The predicted molar refractivity (Wildman–Crippen MR) is 99.6 cm³/mol. The maximum absolute atomic E-state index is 13.1. The van der Waals surface area contributed by atoms with E-state index in [1.54, 1.807) is 18.2 Å². The molecule has 5 rings (SSSR count).